The molecule has 0 saturated heterocycles. The predicted octanol–water partition coefficient (Wildman–Crippen LogP) is 5.24. The van der Waals surface area contributed by atoms with Gasteiger partial charge in [0.25, 0.3) is 0 Å². The molecule has 0 aliphatic heterocycles. The zero-order chi connectivity index (χ0) is 14.4. The highest BCUT2D eigenvalue weighted by atomic mass is 127. The smallest absolute Gasteiger partial charge is 0.146 e. The van der Waals surface area contributed by atoms with Crippen LogP contribution in [0.25, 0.3) is 0 Å². The monoisotopic (exact) mass is 401 g/mol. The first-order chi connectivity index (χ1) is 9.70. The minimum Gasteiger partial charge on any atom is -0.455 e. The molecule has 0 aromatic heterocycles. The molecule has 106 valence electrons. The molecule has 0 bridgehead atoms. The molecule has 0 saturated carbocycles. The predicted molar refractivity (Wildman–Crippen MR) is 92.7 cm³/mol. The van der Waals surface area contributed by atoms with Crippen LogP contribution in [0.2, 0.25) is 5.02 Å². The first kappa shape index (κ1) is 15.6. The van der Waals surface area contributed by atoms with E-state index in [4.69, 9.17) is 16.3 Å². The molecule has 0 aliphatic carbocycles. The van der Waals surface area contributed by atoms with Crippen molar-refractivity contribution in [2.24, 2.45) is 0 Å². The van der Waals surface area contributed by atoms with E-state index in [0.29, 0.717) is 10.8 Å². The molecule has 0 fully saturated rings. The second-order valence-electron chi connectivity index (χ2n) is 4.47. The Morgan fingerprint density at radius 2 is 1.95 bits per heavy atom. The molecule has 0 heterocycles. The maximum Gasteiger partial charge on any atom is 0.146 e. The molecule has 0 spiro atoms. The van der Waals surface area contributed by atoms with Crippen LogP contribution in [0.1, 0.15) is 18.9 Å². The molecule has 2 rings (SSSR count). The van der Waals surface area contributed by atoms with E-state index in [9.17, 15) is 0 Å². The molecular formula is C16H17ClINO. The Balaban J connectivity index is 2.08. The van der Waals surface area contributed by atoms with E-state index < -0.39 is 0 Å². The minimum atomic E-state index is 0.639. The van der Waals surface area contributed by atoms with E-state index in [1.54, 1.807) is 0 Å². The van der Waals surface area contributed by atoms with Crippen LogP contribution in [-0.2, 0) is 6.54 Å². The van der Waals surface area contributed by atoms with E-state index >= 15 is 0 Å². The van der Waals surface area contributed by atoms with Gasteiger partial charge in [0.1, 0.15) is 11.5 Å². The Kier molecular flexibility index (Phi) is 6.13. The normalized spacial score (nSPS) is 10.6. The summed E-state index contributed by atoms with van der Waals surface area (Å²) >= 11 is 8.54. The van der Waals surface area contributed by atoms with E-state index in [0.717, 1.165) is 28.8 Å². The van der Waals surface area contributed by atoms with Gasteiger partial charge in [0.15, 0.2) is 0 Å². The Labute approximate surface area is 138 Å². The number of rotatable bonds is 6. The molecule has 20 heavy (non-hydrogen) atoms. The summed E-state index contributed by atoms with van der Waals surface area (Å²) in [5.41, 5.74) is 1.17. The third kappa shape index (κ3) is 4.36. The summed E-state index contributed by atoms with van der Waals surface area (Å²) in [6.45, 7) is 3.99. The van der Waals surface area contributed by atoms with E-state index in [2.05, 4.69) is 34.8 Å². The lowest BCUT2D eigenvalue weighted by Gasteiger charge is -2.11. The number of nitrogens with one attached hydrogen (secondary N) is 1. The molecule has 0 radical (unpaired) electrons. The number of benzene rings is 2. The van der Waals surface area contributed by atoms with Crippen LogP contribution in [0.4, 0.5) is 0 Å². The molecule has 0 amide bonds. The lowest BCUT2D eigenvalue weighted by Crippen LogP contribution is -2.13. The molecule has 0 atom stereocenters. The lowest BCUT2D eigenvalue weighted by molar-refractivity contribution is 0.479. The van der Waals surface area contributed by atoms with Gasteiger partial charge in [-0.1, -0.05) is 36.7 Å². The van der Waals surface area contributed by atoms with Crippen molar-refractivity contribution < 1.29 is 4.74 Å². The lowest BCUT2D eigenvalue weighted by atomic mass is 10.2. The van der Waals surface area contributed by atoms with Gasteiger partial charge in [0, 0.05) is 6.54 Å². The molecule has 2 nitrogen and oxygen atoms in total. The summed E-state index contributed by atoms with van der Waals surface area (Å²) in [6.07, 6.45) is 1.13. The quantitative estimate of drug-likeness (QED) is 0.528. The maximum atomic E-state index is 6.29. The second-order valence-corrected chi connectivity index (χ2v) is 6.04. The third-order valence-corrected chi connectivity index (χ3v) is 4.00. The van der Waals surface area contributed by atoms with Crippen LogP contribution >= 0.6 is 34.2 Å². The molecule has 1 N–H and O–H groups in total. The summed E-state index contributed by atoms with van der Waals surface area (Å²) in [6, 6.07) is 13.8. The van der Waals surface area contributed by atoms with Crippen LogP contribution in [0.5, 0.6) is 11.5 Å². The molecule has 2 aromatic carbocycles. The maximum absolute atomic E-state index is 6.29. The van der Waals surface area contributed by atoms with Crippen LogP contribution in [0, 0.1) is 3.57 Å². The van der Waals surface area contributed by atoms with Crippen molar-refractivity contribution in [2.75, 3.05) is 6.54 Å². The third-order valence-electron chi connectivity index (χ3n) is 2.81. The summed E-state index contributed by atoms with van der Waals surface area (Å²) in [5, 5.41) is 4.00. The topological polar surface area (TPSA) is 21.3 Å². The minimum absolute atomic E-state index is 0.639. The fraction of sp³-hybridized carbons (Fsp3) is 0.250. The highest BCUT2D eigenvalue weighted by molar-refractivity contribution is 14.1. The van der Waals surface area contributed by atoms with Crippen molar-refractivity contribution in [3.63, 3.8) is 0 Å². The first-order valence-corrected chi connectivity index (χ1v) is 8.08. The average Bonchev–Trinajstić information content (AvgIpc) is 2.44. The standard InChI is InChI=1S/C16H17ClINO/c1-2-9-19-11-12-7-8-15(13(17)10-12)20-16-6-4-3-5-14(16)18/h3-8,10,19H,2,9,11H2,1H3. The van der Waals surface area contributed by atoms with Crippen LogP contribution < -0.4 is 10.1 Å². The highest BCUT2D eigenvalue weighted by Gasteiger charge is 2.06. The molecular weight excluding hydrogens is 385 g/mol. The number of hydrogen-bond donors (Lipinski definition) is 1. The Hall–Kier alpha value is -0.780. The zero-order valence-corrected chi connectivity index (χ0v) is 14.2. The highest BCUT2D eigenvalue weighted by Crippen LogP contribution is 2.32. The van der Waals surface area contributed by atoms with Gasteiger partial charge >= 0.3 is 0 Å². The van der Waals surface area contributed by atoms with Crippen LogP contribution in [0.3, 0.4) is 0 Å². The largest absolute Gasteiger partial charge is 0.455 e. The number of ether oxygens (including phenoxy) is 1. The van der Waals surface area contributed by atoms with E-state index in [-0.39, 0.29) is 0 Å². The van der Waals surface area contributed by atoms with Crippen molar-refractivity contribution in [1.82, 2.24) is 5.32 Å². The van der Waals surface area contributed by atoms with E-state index in [1.807, 2.05) is 42.5 Å². The molecule has 2 aromatic rings. The fourth-order valence-electron chi connectivity index (χ4n) is 1.79. The number of halogens is 2. The summed E-state index contributed by atoms with van der Waals surface area (Å²) in [5.74, 6) is 1.52. The van der Waals surface area contributed by atoms with Gasteiger partial charge in [-0.05, 0) is 65.4 Å². The second kappa shape index (κ2) is 7.86. The van der Waals surface area contributed by atoms with Crippen molar-refractivity contribution in [3.8, 4) is 11.5 Å². The average molecular weight is 402 g/mol. The molecule has 4 heteroatoms. The van der Waals surface area contributed by atoms with Crippen molar-refractivity contribution >= 4 is 34.2 Å². The van der Waals surface area contributed by atoms with Gasteiger partial charge in [0.05, 0.1) is 8.59 Å². The number of para-hydroxylation sites is 1. The Bertz CT molecular complexity index is 574. The summed E-state index contributed by atoms with van der Waals surface area (Å²) < 4.78 is 6.93. The fourth-order valence-corrected chi connectivity index (χ4v) is 2.53. The van der Waals surface area contributed by atoms with Crippen LogP contribution in [-0.4, -0.2) is 6.54 Å². The summed E-state index contributed by atoms with van der Waals surface area (Å²) in [4.78, 5) is 0. The Morgan fingerprint density at radius 3 is 2.65 bits per heavy atom. The van der Waals surface area contributed by atoms with Gasteiger partial charge in [-0.2, -0.15) is 0 Å². The molecule has 0 aliphatic rings. The summed E-state index contributed by atoms with van der Waals surface area (Å²) in [7, 11) is 0. The van der Waals surface area contributed by atoms with Gasteiger partial charge < -0.3 is 10.1 Å². The van der Waals surface area contributed by atoms with Gasteiger partial charge in [-0.15, -0.1) is 0 Å². The first-order valence-electron chi connectivity index (χ1n) is 6.62. The van der Waals surface area contributed by atoms with Crippen molar-refractivity contribution in [2.45, 2.75) is 19.9 Å². The van der Waals surface area contributed by atoms with Gasteiger partial charge in [-0.3, -0.25) is 0 Å². The number of hydrogen-bond acceptors (Lipinski definition) is 2. The SMILES string of the molecule is CCCNCc1ccc(Oc2ccccc2I)c(Cl)c1. The molecule has 0 unspecified atom stereocenters. The van der Waals surface area contributed by atoms with Gasteiger partial charge in [0.2, 0.25) is 0 Å². The van der Waals surface area contributed by atoms with Gasteiger partial charge in [-0.25, -0.2) is 0 Å². The Morgan fingerprint density at radius 1 is 1.15 bits per heavy atom. The van der Waals surface area contributed by atoms with Crippen molar-refractivity contribution in [1.29, 1.82) is 0 Å². The van der Waals surface area contributed by atoms with E-state index in [1.165, 1.54) is 5.56 Å². The zero-order valence-electron chi connectivity index (χ0n) is 11.3. The van der Waals surface area contributed by atoms with Crippen LogP contribution in [0.15, 0.2) is 42.5 Å². The van der Waals surface area contributed by atoms with Crippen molar-refractivity contribution in [3.05, 3.63) is 56.6 Å².